The molecule has 2 rings (SSSR count). The van der Waals surface area contributed by atoms with Crippen molar-refractivity contribution in [1.29, 1.82) is 0 Å². The Morgan fingerprint density at radius 2 is 2.21 bits per heavy atom. The molecule has 0 aromatic rings. The maximum atomic E-state index is 3.57. The van der Waals surface area contributed by atoms with Crippen LogP contribution >= 0.6 is 0 Å². The van der Waals surface area contributed by atoms with Crippen molar-refractivity contribution in [1.82, 2.24) is 10.2 Å². The Labute approximate surface area is 88.1 Å². The lowest BCUT2D eigenvalue weighted by molar-refractivity contribution is 0.259. The van der Waals surface area contributed by atoms with E-state index in [9.17, 15) is 0 Å². The van der Waals surface area contributed by atoms with Gasteiger partial charge in [0.15, 0.2) is 0 Å². The van der Waals surface area contributed by atoms with Crippen molar-refractivity contribution < 1.29 is 0 Å². The van der Waals surface area contributed by atoms with E-state index in [-0.39, 0.29) is 0 Å². The smallest absolute Gasteiger partial charge is 0.00680 e. The SMILES string of the molecule is CC1CCCN1CCCC1CCCN1. The summed E-state index contributed by atoms with van der Waals surface area (Å²) < 4.78 is 0. The lowest BCUT2D eigenvalue weighted by atomic mass is 10.1. The molecule has 0 bridgehead atoms. The highest BCUT2D eigenvalue weighted by atomic mass is 15.2. The minimum Gasteiger partial charge on any atom is -0.314 e. The van der Waals surface area contributed by atoms with Crippen molar-refractivity contribution in [3.8, 4) is 0 Å². The van der Waals surface area contributed by atoms with Gasteiger partial charge in [-0.3, -0.25) is 0 Å². The van der Waals surface area contributed by atoms with Crippen LogP contribution in [0.2, 0.25) is 0 Å². The van der Waals surface area contributed by atoms with E-state index in [0.717, 1.165) is 12.1 Å². The third-order valence-electron chi connectivity index (χ3n) is 3.85. The van der Waals surface area contributed by atoms with Crippen LogP contribution in [0.1, 0.15) is 45.4 Å². The molecule has 0 aromatic heterocycles. The number of rotatable bonds is 4. The molecule has 0 aromatic carbocycles. The zero-order valence-electron chi connectivity index (χ0n) is 9.47. The van der Waals surface area contributed by atoms with E-state index >= 15 is 0 Å². The first-order valence-electron chi connectivity index (χ1n) is 6.33. The van der Waals surface area contributed by atoms with Crippen LogP contribution in [0.3, 0.4) is 0 Å². The fourth-order valence-corrected chi connectivity index (χ4v) is 2.87. The zero-order chi connectivity index (χ0) is 9.80. The lowest BCUT2D eigenvalue weighted by Crippen LogP contribution is -2.29. The average Bonchev–Trinajstić information content (AvgIpc) is 2.78. The van der Waals surface area contributed by atoms with E-state index in [4.69, 9.17) is 0 Å². The molecule has 14 heavy (non-hydrogen) atoms. The van der Waals surface area contributed by atoms with E-state index in [1.165, 1.54) is 58.2 Å². The van der Waals surface area contributed by atoms with Gasteiger partial charge in [-0.2, -0.15) is 0 Å². The normalized spacial score (nSPS) is 34.1. The van der Waals surface area contributed by atoms with Crippen molar-refractivity contribution in [3.63, 3.8) is 0 Å². The Hall–Kier alpha value is -0.0800. The molecule has 2 nitrogen and oxygen atoms in total. The van der Waals surface area contributed by atoms with Gasteiger partial charge in [0.25, 0.3) is 0 Å². The van der Waals surface area contributed by atoms with Gasteiger partial charge in [-0.05, 0) is 65.1 Å². The van der Waals surface area contributed by atoms with Crippen molar-refractivity contribution in [2.45, 2.75) is 57.5 Å². The third-order valence-corrected chi connectivity index (χ3v) is 3.85. The number of hydrogen-bond acceptors (Lipinski definition) is 2. The second kappa shape index (κ2) is 5.13. The second-order valence-electron chi connectivity index (χ2n) is 4.96. The summed E-state index contributed by atoms with van der Waals surface area (Å²) in [4.78, 5) is 2.66. The molecule has 2 heteroatoms. The van der Waals surface area contributed by atoms with Crippen molar-refractivity contribution >= 4 is 0 Å². The fourth-order valence-electron chi connectivity index (χ4n) is 2.87. The summed E-state index contributed by atoms with van der Waals surface area (Å²) in [5.74, 6) is 0. The fraction of sp³-hybridized carbons (Fsp3) is 1.00. The molecule has 0 spiro atoms. The molecule has 0 aliphatic carbocycles. The maximum Gasteiger partial charge on any atom is 0.00680 e. The average molecular weight is 196 g/mol. The molecule has 0 amide bonds. The van der Waals surface area contributed by atoms with E-state index in [1.807, 2.05) is 0 Å². The first kappa shape index (κ1) is 10.4. The summed E-state index contributed by atoms with van der Waals surface area (Å²) in [6, 6.07) is 1.69. The summed E-state index contributed by atoms with van der Waals surface area (Å²) in [5.41, 5.74) is 0. The van der Waals surface area contributed by atoms with Crippen LogP contribution in [-0.2, 0) is 0 Å². The molecule has 0 saturated carbocycles. The van der Waals surface area contributed by atoms with Crippen LogP contribution in [0.4, 0.5) is 0 Å². The predicted octanol–water partition coefficient (Wildman–Crippen LogP) is 2.00. The molecule has 2 saturated heterocycles. The first-order chi connectivity index (χ1) is 6.86. The topological polar surface area (TPSA) is 15.3 Å². The second-order valence-corrected chi connectivity index (χ2v) is 4.96. The number of hydrogen-bond donors (Lipinski definition) is 1. The Kier molecular flexibility index (Phi) is 3.82. The Morgan fingerprint density at radius 1 is 1.29 bits per heavy atom. The third kappa shape index (κ3) is 2.71. The number of nitrogens with zero attached hydrogens (tertiary/aromatic N) is 1. The minimum absolute atomic E-state index is 0.841. The van der Waals surface area contributed by atoms with Crippen LogP contribution in [-0.4, -0.2) is 36.6 Å². The Bertz CT molecular complexity index is 164. The lowest BCUT2D eigenvalue weighted by Gasteiger charge is -2.21. The van der Waals surface area contributed by atoms with Crippen LogP contribution in [0.15, 0.2) is 0 Å². The van der Waals surface area contributed by atoms with Gasteiger partial charge >= 0.3 is 0 Å². The molecule has 0 radical (unpaired) electrons. The van der Waals surface area contributed by atoms with Crippen molar-refractivity contribution in [2.24, 2.45) is 0 Å². The van der Waals surface area contributed by atoms with Gasteiger partial charge in [0.05, 0.1) is 0 Å². The molecule has 82 valence electrons. The summed E-state index contributed by atoms with van der Waals surface area (Å²) >= 11 is 0. The van der Waals surface area contributed by atoms with Crippen LogP contribution in [0.5, 0.6) is 0 Å². The van der Waals surface area contributed by atoms with E-state index in [1.54, 1.807) is 0 Å². The Morgan fingerprint density at radius 3 is 2.86 bits per heavy atom. The minimum atomic E-state index is 0.841. The molecule has 2 aliphatic rings. The van der Waals surface area contributed by atoms with Gasteiger partial charge < -0.3 is 10.2 Å². The monoisotopic (exact) mass is 196 g/mol. The van der Waals surface area contributed by atoms with Gasteiger partial charge in [0.1, 0.15) is 0 Å². The highest BCUT2D eigenvalue weighted by molar-refractivity contribution is 4.77. The summed E-state index contributed by atoms with van der Waals surface area (Å²) in [6.45, 7) is 6.31. The molecular weight excluding hydrogens is 172 g/mol. The van der Waals surface area contributed by atoms with Gasteiger partial charge in [-0.1, -0.05) is 0 Å². The molecule has 2 unspecified atom stereocenters. The van der Waals surface area contributed by atoms with E-state index < -0.39 is 0 Å². The number of likely N-dealkylation sites (tertiary alicyclic amines) is 1. The molecular formula is C12H24N2. The molecule has 2 aliphatic heterocycles. The highest BCUT2D eigenvalue weighted by Gasteiger charge is 2.20. The van der Waals surface area contributed by atoms with Gasteiger partial charge in [-0.15, -0.1) is 0 Å². The zero-order valence-corrected chi connectivity index (χ0v) is 9.47. The summed E-state index contributed by atoms with van der Waals surface area (Å²) in [6.07, 6.45) is 8.43. The molecule has 2 heterocycles. The maximum absolute atomic E-state index is 3.57. The van der Waals surface area contributed by atoms with E-state index in [2.05, 4.69) is 17.1 Å². The standard InChI is InChI=1S/C12H24N2/c1-11-5-3-9-14(11)10-4-7-12-6-2-8-13-12/h11-13H,2-10H2,1H3. The molecule has 2 atom stereocenters. The van der Waals surface area contributed by atoms with Crippen LogP contribution in [0, 0.1) is 0 Å². The quantitative estimate of drug-likeness (QED) is 0.740. The summed E-state index contributed by atoms with van der Waals surface area (Å²) in [7, 11) is 0. The summed E-state index contributed by atoms with van der Waals surface area (Å²) in [5, 5.41) is 3.57. The largest absolute Gasteiger partial charge is 0.314 e. The predicted molar refractivity (Wildman–Crippen MR) is 60.5 cm³/mol. The molecule has 2 fully saturated rings. The van der Waals surface area contributed by atoms with Gasteiger partial charge in [-0.25, -0.2) is 0 Å². The highest BCUT2D eigenvalue weighted by Crippen LogP contribution is 2.18. The number of nitrogens with one attached hydrogen (secondary N) is 1. The Balaban J connectivity index is 1.57. The van der Waals surface area contributed by atoms with Crippen molar-refractivity contribution in [2.75, 3.05) is 19.6 Å². The first-order valence-corrected chi connectivity index (χ1v) is 6.33. The van der Waals surface area contributed by atoms with Crippen LogP contribution in [0.25, 0.3) is 0 Å². The van der Waals surface area contributed by atoms with Gasteiger partial charge in [0.2, 0.25) is 0 Å². The molecule has 1 N–H and O–H groups in total. The van der Waals surface area contributed by atoms with Crippen LogP contribution < -0.4 is 5.32 Å². The van der Waals surface area contributed by atoms with Crippen molar-refractivity contribution in [3.05, 3.63) is 0 Å². The van der Waals surface area contributed by atoms with E-state index in [0.29, 0.717) is 0 Å². The van der Waals surface area contributed by atoms with Gasteiger partial charge in [0, 0.05) is 12.1 Å².